The molecule has 1 saturated carbocycles. The fraction of sp³-hybridized carbons (Fsp3) is 0.412. The third-order valence-electron chi connectivity index (χ3n) is 4.11. The van der Waals surface area contributed by atoms with Gasteiger partial charge in [-0.3, -0.25) is 9.89 Å². The molecule has 0 unspecified atom stereocenters. The smallest absolute Gasteiger partial charge is 0.274 e. The van der Waals surface area contributed by atoms with E-state index in [-0.39, 0.29) is 18.2 Å². The summed E-state index contributed by atoms with van der Waals surface area (Å²) in [7, 11) is 0. The number of nitrogens with one attached hydrogen (secondary N) is 1. The van der Waals surface area contributed by atoms with Crippen LogP contribution in [0.4, 0.5) is 4.39 Å². The molecule has 1 amide bonds. The van der Waals surface area contributed by atoms with Gasteiger partial charge in [0.2, 0.25) is 0 Å². The topological polar surface area (TPSA) is 69.2 Å². The summed E-state index contributed by atoms with van der Waals surface area (Å²) < 4.78 is 14.0. The van der Waals surface area contributed by atoms with Crippen LogP contribution in [0.3, 0.4) is 0 Å². The predicted octanol–water partition coefficient (Wildman–Crippen LogP) is 3.01. The zero-order chi connectivity index (χ0) is 16.4. The van der Waals surface area contributed by atoms with Crippen LogP contribution in [0.15, 0.2) is 24.3 Å². The molecule has 0 spiro atoms. The minimum atomic E-state index is -0.507. The summed E-state index contributed by atoms with van der Waals surface area (Å²) in [6.45, 7) is 2.58. The number of phenolic OH excluding ortho intramolecular Hbond substituents is 1. The first-order valence-corrected chi connectivity index (χ1v) is 7.81. The van der Waals surface area contributed by atoms with E-state index in [0.717, 1.165) is 18.2 Å². The maximum Gasteiger partial charge on any atom is 0.274 e. The Morgan fingerprint density at radius 1 is 1.43 bits per heavy atom. The van der Waals surface area contributed by atoms with Crippen LogP contribution in [-0.2, 0) is 6.54 Å². The number of hydrogen-bond donors (Lipinski definition) is 2. The number of rotatable bonds is 6. The zero-order valence-corrected chi connectivity index (χ0v) is 13.1. The normalized spacial score (nSPS) is 14.0. The van der Waals surface area contributed by atoms with Gasteiger partial charge in [0.1, 0.15) is 17.3 Å². The van der Waals surface area contributed by atoms with E-state index < -0.39 is 5.82 Å². The highest BCUT2D eigenvalue weighted by Crippen LogP contribution is 2.32. The van der Waals surface area contributed by atoms with Crippen molar-refractivity contribution in [2.45, 2.75) is 32.7 Å². The Balaban J connectivity index is 1.77. The number of halogens is 1. The molecule has 0 radical (unpaired) electrons. The first-order valence-electron chi connectivity index (χ1n) is 7.81. The molecule has 3 rings (SSSR count). The Hall–Kier alpha value is -2.37. The first kappa shape index (κ1) is 15.5. The number of aromatic amines is 1. The highest BCUT2D eigenvalue weighted by atomic mass is 19.1. The minimum absolute atomic E-state index is 0.120. The molecule has 1 aliphatic carbocycles. The van der Waals surface area contributed by atoms with Crippen LogP contribution in [0.25, 0.3) is 0 Å². The van der Waals surface area contributed by atoms with Crippen LogP contribution in [-0.4, -0.2) is 32.7 Å². The van der Waals surface area contributed by atoms with Crippen LogP contribution in [0.1, 0.15) is 41.0 Å². The number of carbonyl (C=O) groups is 1. The van der Waals surface area contributed by atoms with Crippen LogP contribution >= 0.6 is 0 Å². The molecular weight excluding hydrogens is 297 g/mol. The molecule has 5 nitrogen and oxygen atoms in total. The summed E-state index contributed by atoms with van der Waals surface area (Å²) in [5.74, 6) is -0.157. The number of aryl methyl sites for hydroxylation is 1. The number of hydrogen-bond acceptors (Lipinski definition) is 3. The second kappa shape index (κ2) is 6.40. The average Bonchev–Trinajstić information content (AvgIpc) is 3.24. The fourth-order valence-electron chi connectivity index (χ4n) is 2.56. The summed E-state index contributed by atoms with van der Waals surface area (Å²) in [6.07, 6.45) is 3.34. The predicted molar refractivity (Wildman–Crippen MR) is 83.5 cm³/mol. The number of aromatic nitrogens is 2. The molecule has 1 heterocycles. The number of benzene rings is 1. The molecular formula is C17H20FN3O2. The lowest BCUT2D eigenvalue weighted by molar-refractivity contribution is 0.0731. The van der Waals surface area contributed by atoms with Crippen molar-refractivity contribution in [3.63, 3.8) is 0 Å². The van der Waals surface area contributed by atoms with Gasteiger partial charge in [-0.25, -0.2) is 4.39 Å². The number of aromatic hydroxyl groups is 1. The van der Waals surface area contributed by atoms with E-state index >= 15 is 0 Å². The molecule has 0 saturated heterocycles. The van der Waals surface area contributed by atoms with Gasteiger partial charge in [0.15, 0.2) is 0 Å². The minimum Gasteiger partial charge on any atom is -0.508 e. The third-order valence-corrected chi connectivity index (χ3v) is 4.11. The second-order valence-electron chi connectivity index (χ2n) is 6.17. The van der Waals surface area contributed by atoms with Gasteiger partial charge in [0.25, 0.3) is 5.91 Å². The molecule has 23 heavy (non-hydrogen) atoms. The Labute approximate surface area is 134 Å². The molecule has 1 aromatic heterocycles. The van der Waals surface area contributed by atoms with Gasteiger partial charge in [-0.05, 0) is 31.4 Å². The Bertz CT molecular complexity index is 710. The zero-order valence-electron chi connectivity index (χ0n) is 13.1. The van der Waals surface area contributed by atoms with Crippen molar-refractivity contribution >= 4 is 5.91 Å². The summed E-state index contributed by atoms with van der Waals surface area (Å²) in [4.78, 5) is 14.3. The summed E-state index contributed by atoms with van der Waals surface area (Å²) in [5, 5.41) is 16.1. The van der Waals surface area contributed by atoms with Crippen LogP contribution in [0.2, 0.25) is 0 Å². The Kier molecular flexibility index (Phi) is 4.32. The lowest BCUT2D eigenvalue weighted by Crippen LogP contribution is -2.32. The number of nitrogens with zero attached hydrogens (tertiary/aromatic N) is 2. The number of phenols is 1. The van der Waals surface area contributed by atoms with E-state index in [2.05, 4.69) is 10.2 Å². The van der Waals surface area contributed by atoms with Gasteiger partial charge in [-0.2, -0.15) is 5.10 Å². The summed E-state index contributed by atoms with van der Waals surface area (Å²) in [5.41, 5.74) is 1.54. The van der Waals surface area contributed by atoms with Crippen LogP contribution < -0.4 is 0 Å². The van der Waals surface area contributed by atoms with Crippen LogP contribution in [0, 0.1) is 18.7 Å². The molecule has 122 valence electrons. The molecule has 1 aromatic carbocycles. The quantitative estimate of drug-likeness (QED) is 0.860. The molecule has 6 heteroatoms. The van der Waals surface area contributed by atoms with Gasteiger partial charge in [-0.1, -0.05) is 18.9 Å². The van der Waals surface area contributed by atoms with Crippen LogP contribution in [0.5, 0.6) is 5.75 Å². The number of H-pyrrole nitrogens is 1. The van der Waals surface area contributed by atoms with Crippen molar-refractivity contribution in [3.8, 4) is 5.75 Å². The van der Waals surface area contributed by atoms with Gasteiger partial charge < -0.3 is 10.0 Å². The molecule has 0 bridgehead atoms. The molecule has 1 fully saturated rings. The Morgan fingerprint density at radius 3 is 2.83 bits per heavy atom. The van der Waals surface area contributed by atoms with Crippen molar-refractivity contribution in [2.75, 3.05) is 6.54 Å². The third kappa shape index (κ3) is 3.88. The standard InChI is InChI=1S/C17H20FN3O2/c1-11-8-16(20-19-11)17(23)21(7-6-12-2-3-12)10-13-4-5-14(22)9-15(13)18/h4-5,8-9,12,22H,2-3,6-7,10H2,1H3,(H,19,20). The van der Waals surface area contributed by atoms with E-state index in [9.17, 15) is 14.3 Å². The average molecular weight is 317 g/mol. The van der Waals surface area contributed by atoms with Gasteiger partial charge >= 0.3 is 0 Å². The van der Waals surface area contributed by atoms with Crippen molar-refractivity contribution in [2.24, 2.45) is 5.92 Å². The molecule has 0 aliphatic heterocycles. The molecule has 2 aromatic rings. The monoisotopic (exact) mass is 317 g/mol. The van der Waals surface area contributed by atoms with E-state index in [4.69, 9.17) is 0 Å². The van der Waals surface area contributed by atoms with Gasteiger partial charge in [0, 0.05) is 30.4 Å². The Morgan fingerprint density at radius 2 is 2.22 bits per heavy atom. The maximum absolute atomic E-state index is 14.0. The van der Waals surface area contributed by atoms with E-state index in [0.29, 0.717) is 23.7 Å². The summed E-state index contributed by atoms with van der Waals surface area (Å²) >= 11 is 0. The van der Waals surface area contributed by atoms with E-state index in [1.54, 1.807) is 11.0 Å². The van der Waals surface area contributed by atoms with Crippen molar-refractivity contribution in [1.29, 1.82) is 0 Å². The lowest BCUT2D eigenvalue weighted by Gasteiger charge is -2.22. The van der Waals surface area contributed by atoms with Crippen molar-refractivity contribution in [1.82, 2.24) is 15.1 Å². The molecule has 0 atom stereocenters. The number of amides is 1. The van der Waals surface area contributed by atoms with Gasteiger partial charge in [-0.15, -0.1) is 0 Å². The molecule has 2 N–H and O–H groups in total. The SMILES string of the molecule is Cc1cc(C(=O)N(CCC2CC2)Cc2ccc(O)cc2F)n[nH]1. The first-order chi connectivity index (χ1) is 11.0. The lowest BCUT2D eigenvalue weighted by atomic mass is 10.1. The van der Waals surface area contributed by atoms with Crippen molar-refractivity contribution < 1.29 is 14.3 Å². The van der Waals surface area contributed by atoms with E-state index in [1.807, 2.05) is 6.92 Å². The highest BCUT2D eigenvalue weighted by Gasteiger charge is 2.25. The molecule has 1 aliphatic rings. The second-order valence-corrected chi connectivity index (χ2v) is 6.17. The van der Waals surface area contributed by atoms with E-state index in [1.165, 1.54) is 25.0 Å². The van der Waals surface area contributed by atoms with Gasteiger partial charge in [0.05, 0.1) is 0 Å². The maximum atomic E-state index is 14.0. The largest absolute Gasteiger partial charge is 0.508 e. The number of carbonyl (C=O) groups excluding carboxylic acids is 1. The van der Waals surface area contributed by atoms with Crippen molar-refractivity contribution in [3.05, 3.63) is 47.0 Å². The summed E-state index contributed by atoms with van der Waals surface area (Å²) in [6, 6.07) is 5.70. The highest BCUT2D eigenvalue weighted by molar-refractivity contribution is 5.92. The fourth-order valence-corrected chi connectivity index (χ4v) is 2.56.